The first-order valence-electron chi connectivity index (χ1n) is 9.98. The number of anilines is 1. The van der Waals surface area contributed by atoms with Crippen LogP contribution in [0.3, 0.4) is 0 Å². The minimum Gasteiger partial charge on any atom is -0.497 e. The summed E-state index contributed by atoms with van der Waals surface area (Å²) in [4.78, 5) is 25.0. The summed E-state index contributed by atoms with van der Waals surface area (Å²) >= 11 is 12.5. The van der Waals surface area contributed by atoms with Crippen molar-refractivity contribution in [2.45, 2.75) is 26.8 Å². The van der Waals surface area contributed by atoms with Crippen LogP contribution in [0.5, 0.6) is 23.0 Å². The first-order valence-corrected chi connectivity index (χ1v) is 10.7. The number of ketones is 1. The third-order valence-corrected chi connectivity index (χ3v) is 4.91. The normalized spacial score (nSPS) is 11.7. The Balaban J connectivity index is 2.35. The second-order valence-electron chi connectivity index (χ2n) is 6.53. The monoisotopic (exact) mass is 497 g/mol. The van der Waals surface area contributed by atoms with Crippen molar-refractivity contribution in [3.05, 3.63) is 34.3 Å². The molecular formula is C22H25Cl2N3O6. The van der Waals surface area contributed by atoms with Crippen LogP contribution >= 0.6 is 23.2 Å². The van der Waals surface area contributed by atoms with Crippen LogP contribution in [0.15, 0.2) is 34.5 Å². The van der Waals surface area contributed by atoms with E-state index in [4.69, 9.17) is 42.1 Å². The fourth-order valence-electron chi connectivity index (χ4n) is 2.73. The van der Waals surface area contributed by atoms with Gasteiger partial charge in [0.25, 0.3) is 5.91 Å². The summed E-state index contributed by atoms with van der Waals surface area (Å²) in [5, 5.41) is 11.0. The zero-order valence-corrected chi connectivity index (χ0v) is 20.4. The topological polar surface area (TPSA) is 108 Å². The number of nitrogens with one attached hydrogen (secondary N) is 1. The highest BCUT2D eigenvalue weighted by atomic mass is 35.5. The SMILES string of the molecule is CCOc1cc(N=NC(C(C)=O)C(=O)Nc2c(Cl)cc(OC)cc2OC)cc(OCC)c1Cl. The molecule has 0 radical (unpaired) electrons. The van der Waals surface area contributed by atoms with Crippen LogP contribution in [0, 0.1) is 0 Å². The maximum Gasteiger partial charge on any atom is 0.258 e. The molecule has 11 heteroatoms. The number of hydrogen-bond donors (Lipinski definition) is 1. The number of amides is 1. The summed E-state index contributed by atoms with van der Waals surface area (Å²) in [5.74, 6) is 0.128. The number of hydrogen-bond acceptors (Lipinski definition) is 8. The predicted octanol–water partition coefficient (Wildman–Crippen LogP) is 5.49. The molecule has 0 aliphatic rings. The lowest BCUT2D eigenvalue weighted by atomic mass is 10.2. The number of azo groups is 1. The minimum atomic E-state index is -1.44. The van der Waals surface area contributed by atoms with Gasteiger partial charge in [0.05, 0.1) is 38.1 Å². The molecule has 178 valence electrons. The van der Waals surface area contributed by atoms with Crippen LogP contribution in [0.1, 0.15) is 20.8 Å². The molecule has 0 aromatic heterocycles. The van der Waals surface area contributed by atoms with Gasteiger partial charge in [0, 0.05) is 24.3 Å². The Morgan fingerprint density at radius 2 is 1.58 bits per heavy atom. The third-order valence-electron chi connectivity index (χ3n) is 4.24. The predicted molar refractivity (Wildman–Crippen MR) is 126 cm³/mol. The number of carbonyl (C=O) groups excluding carboxylic acids is 2. The van der Waals surface area contributed by atoms with Gasteiger partial charge in [-0.25, -0.2) is 0 Å². The fraction of sp³-hybridized carbons (Fsp3) is 0.364. The highest BCUT2D eigenvalue weighted by molar-refractivity contribution is 6.34. The molecule has 2 aromatic rings. The van der Waals surface area contributed by atoms with E-state index in [9.17, 15) is 9.59 Å². The molecule has 1 atom stereocenters. The summed E-state index contributed by atoms with van der Waals surface area (Å²) in [6, 6.07) is 4.69. The highest BCUT2D eigenvalue weighted by Gasteiger charge is 2.25. The number of methoxy groups -OCH3 is 2. The minimum absolute atomic E-state index is 0.166. The highest BCUT2D eigenvalue weighted by Crippen LogP contribution is 2.39. The van der Waals surface area contributed by atoms with E-state index < -0.39 is 17.7 Å². The first-order chi connectivity index (χ1) is 15.7. The van der Waals surface area contributed by atoms with Gasteiger partial charge in [-0.3, -0.25) is 9.59 Å². The Morgan fingerprint density at radius 1 is 0.970 bits per heavy atom. The van der Waals surface area contributed by atoms with Crippen molar-refractivity contribution < 1.29 is 28.5 Å². The van der Waals surface area contributed by atoms with Gasteiger partial charge in [0.1, 0.15) is 33.7 Å². The average molecular weight is 498 g/mol. The summed E-state index contributed by atoms with van der Waals surface area (Å²) < 4.78 is 21.4. The first kappa shape index (κ1) is 26.2. The number of ether oxygens (including phenoxy) is 4. The second-order valence-corrected chi connectivity index (χ2v) is 7.31. The Bertz CT molecular complexity index is 1020. The largest absolute Gasteiger partial charge is 0.497 e. The van der Waals surface area contributed by atoms with Gasteiger partial charge >= 0.3 is 0 Å². The van der Waals surface area contributed by atoms with E-state index in [-0.39, 0.29) is 16.5 Å². The number of halogens is 2. The van der Waals surface area contributed by atoms with Crippen LogP contribution in [0.2, 0.25) is 10.0 Å². The summed E-state index contributed by atoms with van der Waals surface area (Å²) in [5.41, 5.74) is 0.473. The van der Waals surface area contributed by atoms with E-state index in [0.29, 0.717) is 41.2 Å². The zero-order valence-electron chi connectivity index (χ0n) is 18.9. The van der Waals surface area contributed by atoms with Crippen molar-refractivity contribution in [2.24, 2.45) is 10.2 Å². The maximum atomic E-state index is 12.8. The molecule has 0 saturated carbocycles. The van der Waals surface area contributed by atoms with Crippen molar-refractivity contribution in [3.63, 3.8) is 0 Å². The molecule has 1 N–H and O–H groups in total. The second kappa shape index (κ2) is 12.3. The van der Waals surface area contributed by atoms with E-state index in [1.165, 1.54) is 39.3 Å². The Kier molecular flexibility index (Phi) is 9.74. The summed E-state index contributed by atoms with van der Waals surface area (Å²) in [6.45, 7) is 5.58. The van der Waals surface area contributed by atoms with E-state index in [1.807, 2.05) is 0 Å². The quantitative estimate of drug-likeness (QED) is 0.324. The molecule has 0 spiro atoms. The Hall–Kier alpha value is -3.04. The molecule has 1 amide bonds. The lowest BCUT2D eigenvalue weighted by Crippen LogP contribution is -2.32. The van der Waals surface area contributed by atoms with Gasteiger partial charge in [-0.05, 0) is 20.8 Å². The van der Waals surface area contributed by atoms with Crippen molar-refractivity contribution >= 4 is 46.3 Å². The van der Waals surface area contributed by atoms with Gasteiger partial charge < -0.3 is 24.3 Å². The van der Waals surface area contributed by atoms with Crippen molar-refractivity contribution in [1.29, 1.82) is 0 Å². The van der Waals surface area contributed by atoms with Crippen LogP contribution in [-0.2, 0) is 9.59 Å². The lowest BCUT2D eigenvalue weighted by Gasteiger charge is -2.15. The average Bonchev–Trinajstić information content (AvgIpc) is 2.78. The van der Waals surface area contributed by atoms with Crippen LogP contribution in [0.25, 0.3) is 0 Å². The Morgan fingerprint density at radius 3 is 2.06 bits per heavy atom. The van der Waals surface area contributed by atoms with Crippen LogP contribution in [-0.4, -0.2) is 45.2 Å². The Labute approximate surface area is 202 Å². The van der Waals surface area contributed by atoms with E-state index in [1.54, 1.807) is 19.9 Å². The molecule has 1 unspecified atom stereocenters. The molecule has 9 nitrogen and oxygen atoms in total. The maximum absolute atomic E-state index is 12.8. The molecule has 0 aliphatic carbocycles. The summed E-state index contributed by atoms with van der Waals surface area (Å²) in [7, 11) is 2.88. The molecule has 0 aliphatic heterocycles. The van der Waals surface area contributed by atoms with Crippen LogP contribution < -0.4 is 24.3 Å². The molecular weight excluding hydrogens is 473 g/mol. The number of rotatable bonds is 11. The lowest BCUT2D eigenvalue weighted by molar-refractivity contribution is -0.126. The van der Waals surface area contributed by atoms with Crippen molar-refractivity contribution in [2.75, 3.05) is 32.8 Å². The molecule has 33 heavy (non-hydrogen) atoms. The van der Waals surface area contributed by atoms with Gasteiger partial charge in [-0.2, -0.15) is 10.2 Å². The molecule has 2 aromatic carbocycles. The number of nitrogens with zero attached hydrogens (tertiary/aromatic N) is 2. The third kappa shape index (κ3) is 6.72. The van der Waals surface area contributed by atoms with Gasteiger partial charge in [0.2, 0.25) is 6.04 Å². The molecule has 2 rings (SSSR count). The molecule has 0 saturated heterocycles. The van der Waals surface area contributed by atoms with Gasteiger partial charge in [0.15, 0.2) is 5.78 Å². The zero-order chi connectivity index (χ0) is 24.5. The molecule has 0 bridgehead atoms. The number of benzene rings is 2. The van der Waals surface area contributed by atoms with E-state index in [0.717, 1.165) is 0 Å². The van der Waals surface area contributed by atoms with Gasteiger partial charge in [-0.15, -0.1) is 0 Å². The smallest absolute Gasteiger partial charge is 0.258 e. The van der Waals surface area contributed by atoms with Crippen molar-refractivity contribution in [3.8, 4) is 23.0 Å². The van der Waals surface area contributed by atoms with Gasteiger partial charge in [-0.1, -0.05) is 23.2 Å². The standard InChI is InChI=1S/C22H25Cl2N3O6/c1-6-32-16-8-13(9-17(19(16)24)33-7-2)26-27-20(12(3)28)22(29)25-21-15(23)10-14(30-4)11-18(21)31-5/h8-11,20H,6-7H2,1-5H3,(H,25,29). The number of Topliss-reactive ketones (excluding diaryl/α,β-unsaturated/α-hetero) is 1. The molecule has 0 fully saturated rings. The van der Waals surface area contributed by atoms with E-state index >= 15 is 0 Å². The van der Waals surface area contributed by atoms with Crippen molar-refractivity contribution in [1.82, 2.24) is 0 Å². The van der Waals surface area contributed by atoms with E-state index in [2.05, 4.69) is 15.5 Å². The fourth-order valence-corrected chi connectivity index (χ4v) is 3.20. The van der Waals surface area contributed by atoms with Crippen LogP contribution in [0.4, 0.5) is 11.4 Å². The summed E-state index contributed by atoms with van der Waals surface area (Å²) in [6.07, 6.45) is 0. The molecule has 0 heterocycles. The number of carbonyl (C=O) groups is 2.